The lowest BCUT2D eigenvalue weighted by Gasteiger charge is -2.37. The summed E-state index contributed by atoms with van der Waals surface area (Å²) < 4.78 is 13.1. The van der Waals surface area contributed by atoms with Crippen LogP contribution in [-0.2, 0) is 0 Å². The van der Waals surface area contributed by atoms with Gasteiger partial charge in [-0.2, -0.15) is 0 Å². The number of carbonyl (C=O) groups is 1. The van der Waals surface area contributed by atoms with Gasteiger partial charge >= 0.3 is 0 Å². The minimum absolute atomic E-state index is 0.0586. The summed E-state index contributed by atoms with van der Waals surface area (Å²) in [6.45, 7) is 10.3. The summed E-state index contributed by atoms with van der Waals surface area (Å²) in [7, 11) is 0. The fraction of sp³-hybridized carbons (Fsp3) is 0.450. The van der Waals surface area contributed by atoms with Gasteiger partial charge in [-0.3, -0.25) is 4.79 Å². The Kier molecular flexibility index (Phi) is 5.88. The molecular formula is C20H26FN5O. The summed E-state index contributed by atoms with van der Waals surface area (Å²) in [4.78, 5) is 27.7. The van der Waals surface area contributed by atoms with E-state index in [-0.39, 0.29) is 11.7 Å². The average molecular weight is 371 g/mol. The average Bonchev–Trinajstić information content (AvgIpc) is 2.69. The van der Waals surface area contributed by atoms with E-state index in [1.54, 1.807) is 23.1 Å². The first-order valence-electron chi connectivity index (χ1n) is 9.42. The molecule has 0 N–H and O–H groups in total. The molecule has 7 heteroatoms. The van der Waals surface area contributed by atoms with Crippen molar-refractivity contribution in [2.45, 2.75) is 20.8 Å². The molecule has 0 saturated carbocycles. The fourth-order valence-electron chi connectivity index (χ4n) is 3.34. The Hall–Kier alpha value is -2.70. The van der Waals surface area contributed by atoms with Crippen molar-refractivity contribution >= 4 is 17.4 Å². The van der Waals surface area contributed by atoms with Crippen LogP contribution in [0.15, 0.2) is 30.3 Å². The van der Waals surface area contributed by atoms with Gasteiger partial charge in [0.15, 0.2) is 0 Å². The summed E-state index contributed by atoms with van der Waals surface area (Å²) >= 11 is 0. The number of carbonyl (C=O) groups excluding carboxylic acids is 1. The molecule has 1 aromatic carbocycles. The third-order valence-electron chi connectivity index (χ3n) is 4.89. The molecule has 0 radical (unpaired) electrons. The number of aryl methyl sites for hydroxylation is 1. The smallest absolute Gasteiger partial charge is 0.272 e. The molecule has 144 valence electrons. The van der Waals surface area contributed by atoms with Crippen LogP contribution in [-0.4, -0.2) is 60.0 Å². The molecule has 1 saturated heterocycles. The van der Waals surface area contributed by atoms with E-state index in [9.17, 15) is 9.18 Å². The highest BCUT2D eigenvalue weighted by Gasteiger charge is 2.21. The Balaban J connectivity index is 1.72. The minimum atomic E-state index is -0.223. The Bertz CT molecular complexity index is 783. The minimum Gasteiger partial charge on any atom is -0.368 e. The van der Waals surface area contributed by atoms with Crippen LogP contribution in [0.2, 0.25) is 0 Å². The molecule has 27 heavy (non-hydrogen) atoms. The third-order valence-corrected chi connectivity index (χ3v) is 4.89. The predicted molar refractivity (Wildman–Crippen MR) is 105 cm³/mol. The largest absolute Gasteiger partial charge is 0.368 e. The SMILES string of the molecule is CCN(CC)C(=O)c1cc(N2CCN(c3ccc(F)cc3)CC2)nc(C)n1. The summed E-state index contributed by atoms with van der Waals surface area (Å²) in [5.41, 5.74) is 1.47. The van der Waals surface area contributed by atoms with Gasteiger partial charge in [0.1, 0.15) is 23.2 Å². The molecule has 1 amide bonds. The van der Waals surface area contributed by atoms with Gasteiger partial charge in [0.2, 0.25) is 0 Å². The fourth-order valence-corrected chi connectivity index (χ4v) is 3.34. The predicted octanol–water partition coefficient (Wildman–Crippen LogP) is 2.73. The monoisotopic (exact) mass is 371 g/mol. The van der Waals surface area contributed by atoms with Gasteiger partial charge in [0.05, 0.1) is 0 Å². The number of aromatic nitrogens is 2. The Morgan fingerprint density at radius 1 is 1.04 bits per heavy atom. The Labute approximate surface area is 159 Å². The van der Waals surface area contributed by atoms with Crippen molar-refractivity contribution in [3.05, 3.63) is 47.7 Å². The van der Waals surface area contributed by atoms with Crippen LogP contribution in [0.4, 0.5) is 15.9 Å². The van der Waals surface area contributed by atoms with Crippen molar-refractivity contribution in [2.24, 2.45) is 0 Å². The molecule has 1 fully saturated rings. The lowest BCUT2D eigenvalue weighted by molar-refractivity contribution is 0.0766. The van der Waals surface area contributed by atoms with Crippen LogP contribution in [0.25, 0.3) is 0 Å². The number of nitrogens with zero attached hydrogens (tertiary/aromatic N) is 5. The van der Waals surface area contributed by atoms with Crippen LogP contribution < -0.4 is 9.80 Å². The van der Waals surface area contributed by atoms with Gasteiger partial charge in [-0.1, -0.05) is 0 Å². The van der Waals surface area contributed by atoms with E-state index in [1.807, 2.05) is 20.8 Å². The maximum absolute atomic E-state index is 13.1. The lowest BCUT2D eigenvalue weighted by atomic mass is 10.2. The second kappa shape index (κ2) is 8.33. The van der Waals surface area contributed by atoms with Gasteiger partial charge < -0.3 is 14.7 Å². The number of hydrogen-bond acceptors (Lipinski definition) is 5. The molecule has 1 aliphatic rings. The van der Waals surface area contributed by atoms with E-state index in [4.69, 9.17) is 0 Å². The van der Waals surface area contributed by atoms with Crippen LogP contribution in [0, 0.1) is 12.7 Å². The summed E-state index contributed by atoms with van der Waals surface area (Å²) in [5.74, 6) is 1.11. The molecule has 2 aromatic rings. The van der Waals surface area contributed by atoms with Crippen LogP contribution in [0.1, 0.15) is 30.2 Å². The topological polar surface area (TPSA) is 52.6 Å². The molecule has 1 aromatic heterocycles. The zero-order chi connectivity index (χ0) is 19.4. The summed E-state index contributed by atoms with van der Waals surface area (Å²) in [6, 6.07) is 8.38. The number of piperazine rings is 1. The van der Waals surface area contributed by atoms with E-state index in [0.29, 0.717) is 24.6 Å². The van der Waals surface area contributed by atoms with Crippen LogP contribution in [0.5, 0.6) is 0 Å². The molecule has 0 bridgehead atoms. The first-order valence-corrected chi connectivity index (χ1v) is 9.42. The normalized spacial score (nSPS) is 14.4. The van der Waals surface area contributed by atoms with E-state index >= 15 is 0 Å². The highest BCUT2D eigenvalue weighted by Crippen LogP contribution is 2.20. The van der Waals surface area contributed by atoms with Gasteiger partial charge in [0.25, 0.3) is 5.91 Å². The van der Waals surface area contributed by atoms with E-state index in [2.05, 4.69) is 19.8 Å². The third kappa shape index (κ3) is 4.35. The molecular weight excluding hydrogens is 345 g/mol. The highest BCUT2D eigenvalue weighted by molar-refractivity contribution is 5.93. The molecule has 0 aliphatic carbocycles. The van der Waals surface area contributed by atoms with Crippen molar-refractivity contribution in [3.8, 4) is 0 Å². The van der Waals surface area contributed by atoms with Gasteiger partial charge in [-0.25, -0.2) is 14.4 Å². The molecule has 2 heterocycles. The Morgan fingerprint density at radius 2 is 1.63 bits per heavy atom. The quantitative estimate of drug-likeness (QED) is 0.809. The van der Waals surface area contributed by atoms with Crippen molar-refractivity contribution in [1.29, 1.82) is 0 Å². The van der Waals surface area contributed by atoms with Crippen LogP contribution in [0.3, 0.4) is 0 Å². The maximum atomic E-state index is 13.1. The number of hydrogen-bond donors (Lipinski definition) is 0. The summed E-state index contributed by atoms with van der Waals surface area (Å²) in [6.07, 6.45) is 0. The Morgan fingerprint density at radius 3 is 2.22 bits per heavy atom. The van der Waals surface area contributed by atoms with Crippen molar-refractivity contribution in [3.63, 3.8) is 0 Å². The van der Waals surface area contributed by atoms with Gasteiger partial charge in [-0.15, -0.1) is 0 Å². The van der Waals surface area contributed by atoms with Crippen molar-refractivity contribution in [1.82, 2.24) is 14.9 Å². The maximum Gasteiger partial charge on any atom is 0.272 e. The van der Waals surface area contributed by atoms with E-state index < -0.39 is 0 Å². The highest BCUT2D eigenvalue weighted by atomic mass is 19.1. The molecule has 0 unspecified atom stereocenters. The first kappa shape index (κ1) is 19.1. The lowest BCUT2D eigenvalue weighted by Crippen LogP contribution is -2.47. The van der Waals surface area contributed by atoms with Crippen molar-refractivity contribution < 1.29 is 9.18 Å². The number of anilines is 2. The van der Waals surface area contributed by atoms with Gasteiger partial charge in [0, 0.05) is 51.0 Å². The van der Waals surface area contributed by atoms with Gasteiger partial charge in [-0.05, 0) is 45.0 Å². The number of benzene rings is 1. The zero-order valence-electron chi connectivity index (χ0n) is 16.2. The van der Waals surface area contributed by atoms with E-state index in [0.717, 1.165) is 37.7 Å². The second-order valence-corrected chi connectivity index (χ2v) is 6.59. The number of amides is 1. The van der Waals surface area contributed by atoms with Crippen molar-refractivity contribution in [2.75, 3.05) is 49.1 Å². The number of rotatable bonds is 5. The first-order chi connectivity index (χ1) is 13.0. The zero-order valence-corrected chi connectivity index (χ0v) is 16.2. The molecule has 3 rings (SSSR count). The van der Waals surface area contributed by atoms with E-state index in [1.165, 1.54) is 12.1 Å². The molecule has 0 spiro atoms. The molecule has 0 atom stereocenters. The molecule has 1 aliphatic heterocycles. The standard InChI is InChI=1S/C20H26FN5O/c1-4-24(5-2)20(27)18-14-19(23-15(3)22-18)26-12-10-25(11-13-26)17-8-6-16(21)7-9-17/h6-9,14H,4-5,10-13H2,1-3H3. The second-order valence-electron chi connectivity index (χ2n) is 6.59. The number of halogens is 1. The molecule has 6 nitrogen and oxygen atoms in total. The van der Waals surface area contributed by atoms with Crippen LogP contribution >= 0.6 is 0 Å². The summed E-state index contributed by atoms with van der Waals surface area (Å²) in [5, 5.41) is 0.